The Morgan fingerprint density at radius 1 is 1.26 bits per heavy atom. The maximum atomic E-state index is 10.9. The van der Waals surface area contributed by atoms with Gasteiger partial charge >= 0.3 is 0 Å². The van der Waals surface area contributed by atoms with Crippen LogP contribution >= 0.6 is 22.9 Å². The van der Waals surface area contributed by atoms with E-state index in [0.29, 0.717) is 20.4 Å². The molecule has 0 amide bonds. The van der Waals surface area contributed by atoms with Crippen LogP contribution < -0.4 is 5.73 Å². The summed E-state index contributed by atoms with van der Waals surface area (Å²) in [4.78, 5) is 20.5. The molecule has 6 heteroatoms. The summed E-state index contributed by atoms with van der Waals surface area (Å²) in [5.41, 5.74) is 7.14. The first-order valence-corrected chi connectivity index (χ1v) is 6.65. The monoisotopic (exact) mass is 289 g/mol. The zero-order valence-electron chi connectivity index (χ0n) is 9.63. The number of nitrogens with two attached hydrogens (primary N) is 1. The van der Waals surface area contributed by atoms with Gasteiger partial charge in [0.05, 0.1) is 10.6 Å². The summed E-state index contributed by atoms with van der Waals surface area (Å²) in [7, 11) is 0. The first-order chi connectivity index (χ1) is 9.19. The summed E-state index contributed by atoms with van der Waals surface area (Å²) in [6.45, 7) is 0. The van der Waals surface area contributed by atoms with E-state index in [0.717, 1.165) is 17.2 Å². The number of fused-ring (bicyclic) bond motifs is 1. The molecule has 1 aromatic carbocycles. The molecule has 19 heavy (non-hydrogen) atoms. The number of hydrogen-bond acceptors (Lipinski definition) is 5. The number of anilines is 1. The SMILES string of the molecule is Nc1nc(-c2ccccc2Cl)c2cc(C=O)sc2n1. The summed E-state index contributed by atoms with van der Waals surface area (Å²) in [6, 6.07) is 9.12. The van der Waals surface area contributed by atoms with Crippen LogP contribution in [0.15, 0.2) is 30.3 Å². The number of benzene rings is 1. The average Bonchev–Trinajstić information content (AvgIpc) is 2.81. The van der Waals surface area contributed by atoms with Crippen LogP contribution in [0.4, 0.5) is 5.95 Å². The van der Waals surface area contributed by atoms with Crippen molar-refractivity contribution in [1.29, 1.82) is 0 Å². The highest BCUT2D eigenvalue weighted by Crippen LogP contribution is 2.34. The number of aldehydes is 1. The van der Waals surface area contributed by atoms with Crippen molar-refractivity contribution < 1.29 is 4.79 Å². The molecule has 0 aliphatic heterocycles. The van der Waals surface area contributed by atoms with E-state index in [-0.39, 0.29) is 5.95 Å². The van der Waals surface area contributed by atoms with Crippen LogP contribution in [0.1, 0.15) is 9.67 Å². The number of thiophene rings is 1. The van der Waals surface area contributed by atoms with Crippen LogP contribution in [-0.2, 0) is 0 Å². The standard InChI is InChI=1S/C13H8ClN3OS/c14-10-4-2-1-3-8(10)11-9-5-7(6-18)19-12(9)17-13(15)16-11/h1-6H,(H2,15,16,17). The number of carbonyl (C=O) groups excluding carboxylic acids is 1. The molecule has 0 saturated heterocycles. The number of halogens is 1. The van der Waals surface area contributed by atoms with Gasteiger partial charge in [0, 0.05) is 16.0 Å². The molecular formula is C13H8ClN3OS. The van der Waals surface area contributed by atoms with Crippen molar-refractivity contribution in [2.45, 2.75) is 0 Å². The predicted octanol–water partition coefficient (Wildman–Crippen LogP) is 3.41. The molecule has 2 heterocycles. The Labute approximate surface area is 117 Å². The number of nitrogens with zero attached hydrogens (tertiary/aromatic N) is 2. The molecule has 0 saturated carbocycles. The quantitative estimate of drug-likeness (QED) is 0.734. The Morgan fingerprint density at radius 2 is 2.05 bits per heavy atom. The van der Waals surface area contributed by atoms with Crippen LogP contribution in [0.25, 0.3) is 21.5 Å². The number of rotatable bonds is 2. The normalized spacial score (nSPS) is 10.8. The molecule has 0 atom stereocenters. The van der Waals surface area contributed by atoms with E-state index in [1.165, 1.54) is 11.3 Å². The van der Waals surface area contributed by atoms with Crippen LogP contribution in [-0.4, -0.2) is 16.3 Å². The highest BCUT2D eigenvalue weighted by Gasteiger charge is 2.14. The second-order valence-electron chi connectivity index (χ2n) is 3.90. The molecule has 0 aliphatic carbocycles. The molecule has 2 N–H and O–H groups in total. The second kappa shape index (κ2) is 4.60. The highest BCUT2D eigenvalue weighted by molar-refractivity contribution is 7.20. The lowest BCUT2D eigenvalue weighted by Crippen LogP contribution is -1.96. The van der Waals surface area contributed by atoms with E-state index in [9.17, 15) is 4.79 Å². The zero-order valence-corrected chi connectivity index (χ0v) is 11.2. The summed E-state index contributed by atoms with van der Waals surface area (Å²) in [5, 5.41) is 1.37. The molecule has 4 nitrogen and oxygen atoms in total. The third-order valence-electron chi connectivity index (χ3n) is 2.67. The Bertz CT molecular complexity index is 785. The van der Waals surface area contributed by atoms with Crippen LogP contribution in [0.5, 0.6) is 0 Å². The lowest BCUT2D eigenvalue weighted by molar-refractivity contribution is 0.112. The highest BCUT2D eigenvalue weighted by atomic mass is 35.5. The molecular weight excluding hydrogens is 282 g/mol. The topological polar surface area (TPSA) is 68.9 Å². The van der Waals surface area contributed by atoms with E-state index in [1.54, 1.807) is 12.1 Å². The third-order valence-corrected chi connectivity index (χ3v) is 3.96. The first kappa shape index (κ1) is 12.1. The number of hydrogen-bond donors (Lipinski definition) is 1. The van der Waals surface area contributed by atoms with Crippen molar-refractivity contribution in [2.75, 3.05) is 5.73 Å². The molecule has 94 valence electrons. The Kier molecular flexibility index (Phi) is 2.93. The Balaban J connectivity index is 2.37. The molecule has 2 aromatic heterocycles. The van der Waals surface area contributed by atoms with Gasteiger partial charge < -0.3 is 5.73 Å². The minimum Gasteiger partial charge on any atom is -0.368 e. The van der Waals surface area contributed by atoms with Crippen LogP contribution in [0.2, 0.25) is 5.02 Å². The molecule has 3 aromatic rings. The van der Waals surface area contributed by atoms with Crippen LogP contribution in [0.3, 0.4) is 0 Å². The van der Waals surface area contributed by atoms with Crippen molar-refractivity contribution >= 4 is 45.4 Å². The third kappa shape index (κ3) is 2.07. The smallest absolute Gasteiger partial charge is 0.221 e. The van der Waals surface area contributed by atoms with Gasteiger partial charge in [-0.2, -0.15) is 0 Å². The molecule has 0 fully saturated rings. The molecule has 3 rings (SSSR count). The van der Waals surface area contributed by atoms with Crippen molar-refractivity contribution in [1.82, 2.24) is 9.97 Å². The minimum absolute atomic E-state index is 0.168. The predicted molar refractivity (Wildman–Crippen MR) is 77.7 cm³/mol. The van der Waals surface area contributed by atoms with Gasteiger partial charge in [0.15, 0.2) is 6.29 Å². The van der Waals surface area contributed by atoms with Gasteiger partial charge in [-0.1, -0.05) is 29.8 Å². The minimum atomic E-state index is 0.168. The maximum absolute atomic E-state index is 10.9. The molecule has 0 spiro atoms. The lowest BCUT2D eigenvalue weighted by Gasteiger charge is -2.05. The van der Waals surface area contributed by atoms with E-state index < -0.39 is 0 Å². The number of carbonyl (C=O) groups is 1. The van der Waals surface area contributed by atoms with E-state index in [4.69, 9.17) is 17.3 Å². The van der Waals surface area contributed by atoms with Gasteiger partial charge in [0.1, 0.15) is 4.83 Å². The van der Waals surface area contributed by atoms with Gasteiger partial charge in [-0.05, 0) is 12.1 Å². The largest absolute Gasteiger partial charge is 0.368 e. The van der Waals surface area contributed by atoms with Crippen LogP contribution in [0, 0.1) is 0 Å². The lowest BCUT2D eigenvalue weighted by atomic mass is 10.1. The van der Waals surface area contributed by atoms with E-state index in [2.05, 4.69) is 9.97 Å². The molecule has 0 bridgehead atoms. The van der Waals surface area contributed by atoms with Gasteiger partial charge in [0.25, 0.3) is 0 Å². The molecule has 0 aliphatic rings. The van der Waals surface area contributed by atoms with Gasteiger partial charge in [-0.25, -0.2) is 9.97 Å². The fraction of sp³-hybridized carbons (Fsp3) is 0. The fourth-order valence-corrected chi connectivity index (χ4v) is 2.95. The summed E-state index contributed by atoms with van der Waals surface area (Å²) in [5.74, 6) is 0.168. The van der Waals surface area contributed by atoms with Crippen molar-refractivity contribution in [3.8, 4) is 11.3 Å². The molecule has 0 radical (unpaired) electrons. The van der Waals surface area contributed by atoms with E-state index in [1.807, 2.05) is 18.2 Å². The van der Waals surface area contributed by atoms with Gasteiger partial charge in [0.2, 0.25) is 5.95 Å². The average molecular weight is 290 g/mol. The van der Waals surface area contributed by atoms with Gasteiger partial charge in [-0.15, -0.1) is 11.3 Å². The summed E-state index contributed by atoms with van der Waals surface area (Å²) < 4.78 is 0. The van der Waals surface area contributed by atoms with Crippen molar-refractivity contribution in [3.63, 3.8) is 0 Å². The van der Waals surface area contributed by atoms with Crippen molar-refractivity contribution in [3.05, 3.63) is 40.2 Å². The number of nitrogen functional groups attached to an aromatic ring is 1. The van der Waals surface area contributed by atoms with E-state index >= 15 is 0 Å². The molecule has 0 unspecified atom stereocenters. The Morgan fingerprint density at radius 3 is 2.79 bits per heavy atom. The Hall–Kier alpha value is -1.98. The fourth-order valence-electron chi connectivity index (χ4n) is 1.87. The van der Waals surface area contributed by atoms with Crippen molar-refractivity contribution in [2.24, 2.45) is 0 Å². The first-order valence-electron chi connectivity index (χ1n) is 5.46. The number of aromatic nitrogens is 2. The zero-order chi connectivity index (χ0) is 13.4. The summed E-state index contributed by atoms with van der Waals surface area (Å²) in [6.07, 6.45) is 0.791. The maximum Gasteiger partial charge on any atom is 0.221 e. The summed E-state index contributed by atoms with van der Waals surface area (Å²) >= 11 is 7.47. The van der Waals surface area contributed by atoms with Gasteiger partial charge in [-0.3, -0.25) is 4.79 Å². The second-order valence-corrected chi connectivity index (χ2v) is 5.37.